The summed E-state index contributed by atoms with van der Waals surface area (Å²) in [6.45, 7) is 2.00. The molecule has 1 amide bonds. The number of aromatic amines is 1. The van der Waals surface area contributed by atoms with Crippen molar-refractivity contribution in [2.75, 3.05) is 5.32 Å². The lowest BCUT2D eigenvalue weighted by atomic mass is 10.1. The molecule has 0 spiro atoms. The number of anilines is 1. The van der Waals surface area contributed by atoms with Crippen molar-refractivity contribution >= 4 is 45.7 Å². The fraction of sp³-hybridized carbons (Fsp3) is 0.118. The molecule has 0 aliphatic rings. The van der Waals surface area contributed by atoms with Gasteiger partial charge in [-0.3, -0.25) is 4.79 Å². The number of benzene rings is 2. The molecule has 1 heterocycles. The molecule has 0 fully saturated rings. The Morgan fingerprint density at radius 2 is 1.95 bits per heavy atom. The number of fused-ring (bicyclic) bond motifs is 1. The SMILES string of the molecule is CCc1cc(Cl)c(NC(=O)c2c[nH]c3ccccc23)cc1Cl. The molecule has 0 aliphatic heterocycles. The van der Waals surface area contributed by atoms with Crippen LogP contribution in [0.2, 0.25) is 10.0 Å². The van der Waals surface area contributed by atoms with Crippen molar-refractivity contribution in [3.63, 3.8) is 0 Å². The molecule has 1 aromatic heterocycles. The first-order chi connectivity index (χ1) is 10.6. The average molecular weight is 333 g/mol. The number of para-hydroxylation sites is 1. The van der Waals surface area contributed by atoms with Crippen LogP contribution in [-0.2, 0) is 6.42 Å². The van der Waals surface area contributed by atoms with Crippen LogP contribution in [0.25, 0.3) is 10.9 Å². The molecule has 22 heavy (non-hydrogen) atoms. The van der Waals surface area contributed by atoms with E-state index < -0.39 is 0 Å². The van der Waals surface area contributed by atoms with Gasteiger partial charge in [-0.05, 0) is 30.2 Å². The lowest BCUT2D eigenvalue weighted by molar-refractivity contribution is 0.102. The quantitative estimate of drug-likeness (QED) is 0.672. The van der Waals surface area contributed by atoms with Crippen LogP contribution in [0.5, 0.6) is 0 Å². The van der Waals surface area contributed by atoms with E-state index in [1.165, 1.54) is 0 Å². The Bertz CT molecular complexity index is 855. The van der Waals surface area contributed by atoms with Gasteiger partial charge in [-0.1, -0.05) is 48.3 Å². The highest BCUT2D eigenvalue weighted by molar-refractivity contribution is 6.36. The van der Waals surface area contributed by atoms with Crippen LogP contribution in [0, 0.1) is 0 Å². The molecule has 0 saturated carbocycles. The monoisotopic (exact) mass is 332 g/mol. The van der Waals surface area contributed by atoms with E-state index in [0.717, 1.165) is 22.9 Å². The highest BCUT2D eigenvalue weighted by Crippen LogP contribution is 2.30. The maximum Gasteiger partial charge on any atom is 0.257 e. The summed E-state index contributed by atoms with van der Waals surface area (Å²) < 4.78 is 0. The smallest absolute Gasteiger partial charge is 0.257 e. The van der Waals surface area contributed by atoms with E-state index in [4.69, 9.17) is 23.2 Å². The van der Waals surface area contributed by atoms with Crippen molar-refractivity contribution in [1.82, 2.24) is 4.98 Å². The third-order valence-electron chi connectivity index (χ3n) is 3.60. The van der Waals surface area contributed by atoms with Crippen molar-refractivity contribution in [1.29, 1.82) is 0 Å². The van der Waals surface area contributed by atoms with Crippen LogP contribution < -0.4 is 5.32 Å². The van der Waals surface area contributed by atoms with Crippen molar-refractivity contribution in [3.05, 3.63) is 63.8 Å². The molecule has 0 atom stereocenters. The van der Waals surface area contributed by atoms with Crippen molar-refractivity contribution in [2.45, 2.75) is 13.3 Å². The highest BCUT2D eigenvalue weighted by Gasteiger charge is 2.14. The van der Waals surface area contributed by atoms with Crippen LogP contribution in [0.3, 0.4) is 0 Å². The molecular formula is C17H14Cl2N2O. The van der Waals surface area contributed by atoms with Crippen LogP contribution in [0.4, 0.5) is 5.69 Å². The summed E-state index contributed by atoms with van der Waals surface area (Å²) in [5, 5.41) is 4.77. The van der Waals surface area contributed by atoms with Gasteiger partial charge in [0.1, 0.15) is 0 Å². The summed E-state index contributed by atoms with van der Waals surface area (Å²) >= 11 is 12.4. The molecule has 0 aliphatic carbocycles. The second kappa shape index (κ2) is 6.03. The number of H-pyrrole nitrogens is 1. The predicted octanol–water partition coefficient (Wildman–Crippen LogP) is 5.29. The summed E-state index contributed by atoms with van der Waals surface area (Å²) in [6.07, 6.45) is 2.48. The number of amides is 1. The van der Waals surface area contributed by atoms with Gasteiger partial charge in [-0.15, -0.1) is 0 Å². The van der Waals surface area contributed by atoms with E-state index in [0.29, 0.717) is 21.3 Å². The summed E-state index contributed by atoms with van der Waals surface area (Å²) in [5.74, 6) is -0.223. The number of carbonyl (C=O) groups excluding carboxylic acids is 1. The molecule has 3 aromatic rings. The van der Waals surface area contributed by atoms with E-state index in [1.807, 2.05) is 31.2 Å². The minimum absolute atomic E-state index is 0.223. The van der Waals surface area contributed by atoms with E-state index >= 15 is 0 Å². The van der Waals surface area contributed by atoms with E-state index in [9.17, 15) is 4.79 Å². The summed E-state index contributed by atoms with van der Waals surface area (Å²) in [6, 6.07) is 11.1. The maximum absolute atomic E-state index is 12.5. The number of aryl methyl sites for hydroxylation is 1. The van der Waals surface area contributed by atoms with Gasteiger partial charge in [0.25, 0.3) is 5.91 Å². The van der Waals surface area contributed by atoms with Crippen molar-refractivity contribution in [3.8, 4) is 0 Å². The zero-order valence-corrected chi connectivity index (χ0v) is 13.4. The highest BCUT2D eigenvalue weighted by atomic mass is 35.5. The van der Waals surface area contributed by atoms with E-state index in [2.05, 4.69) is 10.3 Å². The summed E-state index contributed by atoms with van der Waals surface area (Å²) in [5.41, 5.74) is 2.95. The third-order valence-corrected chi connectivity index (χ3v) is 4.26. The van der Waals surface area contributed by atoms with Gasteiger partial charge in [-0.2, -0.15) is 0 Å². The molecule has 0 unspecified atom stereocenters. The number of hydrogen-bond acceptors (Lipinski definition) is 1. The number of halogens is 2. The minimum Gasteiger partial charge on any atom is -0.360 e. The Labute approximate surface area is 138 Å². The van der Waals surface area contributed by atoms with Gasteiger partial charge in [0.15, 0.2) is 0 Å². The maximum atomic E-state index is 12.5. The largest absolute Gasteiger partial charge is 0.360 e. The Morgan fingerprint density at radius 3 is 2.73 bits per heavy atom. The van der Waals surface area contributed by atoms with Crippen molar-refractivity contribution < 1.29 is 4.79 Å². The Kier molecular flexibility index (Phi) is 4.10. The molecule has 0 saturated heterocycles. The van der Waals surface area contributed by atoms with Gasteiger partial charge in [0.2, 0.25) is 0 Å². The number of nitrogens with one attached hydrogen (secondary N) is 2. The normalized spacial score (nSPS) is 10.9. The first-order valence-corrected chi connectivity index (χ1v) is 7.71. The van der Waals surface area contributed by atoms with Crippen LogP contribution in [0.1, 0.15) is 22.8 Å². The Balaban J connectivity index is 1.93. The molecule has 112 valence electrons. The van der Waals surface area contributed by atoms with Gasteiger partial charge < -0.3 is 10.3 Å². The Hall–Kier alpha value is -1.97. The van der Waals surface area contributed by atoms with Gasteiger partial charge in [-0.25, -0.2) is 0 Å². The second-order valence-corrected chi connectivity index (χ2v) is 5.79. The van der Waals surface area contributed by atoms with Gasteiger partial charge >= 0.3 is 0 Å². The average Bonchev–Trinajstić information content (AvgIpc) is 2.94. The molecule has 5 heteroatoms. The van der Waals surface area contributed by atoms with E-state index in [1.54, 1.807) is 18.3 Å². The van der Waals surface area contributed by atoms with Gasteiger partial charge in [0.05, 0.1) is 16.3 Å². The molecule has 0 bridgehead atoms. The number of carbonyl (C=O) groups is 1. The zero-order valence-electron chi connectivity index (χ0n) is 11.9. The standard InChI is InChI=1S/C17H14Cl2N2O/c1-2-10-7-14(19)16(8-13(10)18)21-17(22)12-9-20-15-6-4-3-5-11(12)15/h3-9,20H,2H2,1H3,(H,21,22). The molecule has 0 radical (unpaired) electrons. The van der Waals surface area contributed by atoms with Crippen LogP contribution in [-0.4, -0.2) is 10.9 Å². The summed E-state index contributed by atoms with van der Waals surface area (Å²) in [7, 11) is 0. The molecule has 3 rings (SSSR count). The second-order valence-electron chi connectivity index (χ2n) is 4.98. The fourth-order valence-corrected chi connectivity index (χ4v) is 2.93. The number of rotatable bonds is 3. The first kappa shape index (κ1) is 14.9. The number of hydrogen-bond donors (Lipinski definition) is 2. The van der Waals surface area contributed by atoms with Crippen LogP contribution in [0.15, 0.2) is 42.6 Å². The van der Waals surface area contributed by atoms with E-state index in [-0.39, 0.29) is 5.91 Å². The lowest BCUT2D eigenvalue weighted by Crippen LogP contribution is -2.12. The van der Waals surface area contributed by atoms with Crippen molar-refractivity contribution in [2.24, 2.45) is 0 Å². The molecule has 2 aromatic carbocycles. The first-order valence-electron chi connectivity index (χ1n) is 6.95. The lowest BCUT2D eigenvalue weighted by Gasteiger charge is -2.10. The predicted molar refractivity (Wildman–Crippen MR) is 92.1 cm³/mol. The Morgan fingerprint density at radius 1 is 1.18 bits per heavy atom. The molecule has 3 nitrogen and oxygen atoms in total. The zero-order chi connectivity index (χ0) is 15.7. The van der Waals surface area contributed by atoms with Gasteiger partial charge in [0, 0.05) is 22.1 Å². The summed E-state index contributed by atoms with van der Waals surface area (Å²) in [4.78, 5) is 15.6. The molecular weight excluding hydrogens is 319 g/mol. The minimum atomic E-state index is -0.223. The topological polar surface area (TPSA) is 44.9 Å². The van der Waals surface area contributed by atoms with Crippen LogP contribution >= 0.6 is 23.2 Å². The third kappa shape index (κ3) is 2.70. The molecule has 2 N–H and O–H groups in total. The fourth-order valence-electron chi connectivity index (χ4n) is 2.40. The number of aromatic nitrogens is 1.